The van der Waals surface area contributed by atoms with Crippen molar-refractivity contribution in [2.45, 2.75) is 33.2 Å². The molecule has 0 saturated carbocycles. The highest BCUT2D eigenvalue weighted by Gasteiger charge is 2.13. The molecule has 0 unspecified atom stereocenters. The summed E-state index contributed by atoms with van der Waals surface area (Å²) in [5.41, 5.74) is 3.09. The van der Waals surface area contributed by atoms with Crippen LogP contribution in [-0.2, 0) is 6.54 Å². The Hall–Kier alpha value is -3.54. The average molecular weight is 352 g/mol. The standard InChI is InChI=1S/C21H17N2.C4H6/c1-2-3-8-17-23-20(15-13-19-10-6-7-16-22-19)14-12-18-9-4-5-11-21(18)23;1-3-4-2/h4-7,9-12,14,16H,8,17H2,1H3;1H,4H2,2H3/q+1;/p+1. The average Bonchev–Trinajstić information content (AvgIpc) is 2.74. The maximum Gasteiger partial charge on any atom is 0.257 e. The van der Waals surface area contributed by atoms with Crippen molar-refractivity contribution in [2.75, 3.05) is 0 Å². The SMILES string of the molecule is C#CCC.CC#CCC[n+]1c(C#Cc2cccc[nH+]2)ccc2ccccc21. The second-order valence-corrected chi connectivity index (χ2v) is 5.69. The molecule has 0 amide bonds. The Morgan fingerprint density at radius 3 is 2.48 bits per heavy atom. The van der Waals surface area contributed by atoms with Crippen LogP contribution in [-0.4, -0.2) is 0 Å². The van der Waals surface area contributed by atoms with Crippen LogP contribution in [0.5, 0.6) is 0 Å². The van der Waals surface area contributed by atoms with Crippen molar-refractivity contribution in [1.29, 1.82) is 0 Å². The van der Waals surface area contributed by atoms with E-state index in [9.17, 15) is 0 Å². The van der Waals surface area contributed by atoms with Gasteiger partial charge in [-0.2, -0.15) is 4.57 Å². The fourth-order valence-electron chi connectivity index (χ4n) is 2.51. The van der Waals surface area contributed by atoms with Crippen LogP contribution in [0.1, 0.15) is 38.1 Å². The first-order chi connectivity index (χ1) is 13.3. The molecule has 27 heavy (non-hydrogen) atoms. The first kappa shape index (κ1) is 19.8. The summed E-state index contributed by atoms with van der Waals surface area (Å²) < 4.78 is 2.25. The molecular weight excluding hydrogens is 328 g/mol. The van der Waals surface area contributed by atoms with E-state index in [1.807, 2.05) is 38.2 Å². The van der Waals surface area contributed by atoms with E-state index in [-0.39, 0.29) is 0 Å². The third-order valence-electron chi connectivity index (χ3n) is 3.81. The number of rotatable bonds is 2. The van der Waals surface area contributed by atoms with E-state index in [2.05, 4.69) is 75.6 Å². The van der Waals surface area contributed by atoms with Crippen molar-refractivity contribution >= 4 is 10.9 Å². The molecule has 0 bridgehead atoms. The third-order valence-corrected chi connectivity index (χ3v) is 3.81. The van der Waals surface area contributed by atoms with Gasteiger partial charge in [0.1, 0.15) is 0 Å². The van der Waals surface area contributed by atoms with Crippen molar-refractivity contribution in [2.24, 2.45) is 0 Å². The van der Waals surface area contributed by atoms with Crippen molar-refractivity contribution < 1.29 is 9.55 Å². The summed E-state index contributed by atoms with van der Waals surface area (Å²) in [5.74, 6) is 15.0. The van der Waals surface area contributed by atoms with Gasteiger partial charge >= 0.3 is 0 Å². The zero-order valence-electron chi connectivity index (χ0n) is 15.9. The smallest absolute Gasteiger partial charge is 0.204 e. The van der Waals surface area contributed by atoms with Crippen LogP contribution in [0.4, 0.5) is 0 Å². The number of fused-ring (bicyclic) bond motifs is 1. The minimum Gasteiger partial charge on any atom is -0.204 e. The quantitative estimate of drug-likeness (QED) is 0.493. The fraction of sp³-hybridized carbons (Fsp3) is 0.200. The number of terminal acetylenes is 1. The Balaban J connectivity index is 0.000000596. The minimum absolute atomic E-state index is 0.821. The molecule has 2 nitrogen and oxygen atoms in total. The van der Waals surface area contributed by atoms with Gasteiger partial charge in [-0.05, 0) is 25.1 Å². The summed E-state index contributed by atoms with van der Waals surface area (Å²) in [6.07, 6.45) is 8.33. The van der Waals surface area contributed by atoms with Gasteiger partial charge in [0.15, 0.2) is 12.7 Å². The lowest BCUT2D eigenvalue weighted by Gasteiger charge is -2.02. The molecule has 0 aliphatic carbocycles. The Kier molecular flexibility index (Phi) is 8.17. The van der Waals surface area contributed by atoms with Crippen molar-refractivity contribution in [1.82, 2.24) is 0 Å². The molecule has 0 aliphatic heterocycles. The molecule has 2 heterocycles. The molecule has 0 radical (unpaired) electrons. The van der Waals surface area contributed by atoms with Gasteiger partial charge in [0.25, 0.3) is 11.4 Å². The van der Waals surface area contributed by atoms with Gasteiger partial charge in [0, 0.05) is 47.9 Å². The van der Waals surface area contributed by atoms with Gasteiger partial charge in [-0.1, -0.05) is 25.0 Å². The fourth-order valence-corrected chi connectivity index (χ4v) is 2.51. The summed E-state index contributed by atoms with van der Waals surface area (Å²) >= 11 is 0. The van der Waals surface area contributed by atoms with E-state index in [1.54, 1.807) is 0 Å². The Morgan fingerprint density at radius 2 is 1.78 bits per heavy atom. The van der Waals surface area contributed by atoms with E-state index >= 15 is 0 Å². The molecule has 0 saturated heterocycles. The summed E-state index contributed by atoms with van der Waals surface area (Å²) in [5, 5.41) is 1.22. The number of hydrogen-bond acceptors (Lipinski definition) is 0. The lowest BCUT2D eigenvalue weighted by atomic mass is 10.1. The number of pyridine rings is 2. The zero-order valence-corrected chi connectivity index (χ0v) is 15.9. The van der Waals surface area contributed by atoms with Gasteiger partial charge in [-0.15, -0.1) is 18.3 Å². The highest BCUT2D eigenvalue weighted by molar-refractivity contribution is 5.75. The Bertz CT molecular complexity index is 1040. The number of nitrogens with zero attached hydrogens (tertiary/aromatic N) is 1. The minimum atomic E-state index is 0.821. The van der Waals surface area contributed by atoms with Crippen molar-refractivity contribution in [3.8, 4) is 36.0 Å². The van der Waals surface area contributed by atoms with E-state index in [1.165, 1.54) is 10.9 Å². The molecule has 3 rings (SSSR count). The van der Waals surface area contributed by atoms with Crippen LogP contribution in [0.2, 0.25) is 0 Å². The summed E-state index contributed by atoms with van der Waals surface area (Å²) in [6.45, 7) is 4.66. The van der Waals surface area contributed by atoms with Crippen LogP contribution < -0.4 is 9.55 Å². The number of benzene rings is 1. The van der Waals surface area contributed by atoms with Crippen LogP contribution >= 0.6 is 0 Å². The Morgan fingerprint density at radius 1 is 1.00 bits per heavy atom. The molecule has 0 aliphatic rings. The number of aromatic nitrogens is 2. The van der Waals surface area contributed by atoms with Crippen LogP contribution in [0.3, 0.4) is 0 Å². The number of H-pyrrole nitrogens is 1. The van der Waals surface area contributed by atoms with Crippen LogP contribution in [0.15, 0.2) is 60.8 Å². The molecule has 0 spiro atoms. The first-order valence-electron chi connectivity index (χ1n) is 9.03. The van der Waals surface area contributed by atoms with E-state index in [0.717, 1.165) is 30.8 Å². The number of hydrogen-bond donors (Lipinski definition) is 0. The molecule has 0 atom stereocenters. The number of nitrogens with one attached hydrogen (secondary N) is 1. The van der Waals surface area contributed by atoms with Crippen molar-refractivity contribution in [3.05, 3.63) is 72.2 Å². The van der Waals surface area contributed by atoms with Crippen LogP contribution in [0.25, 0.3) is 10.9 Å². The summed E-state index contributed by atoms with van der Waals surface area (Å²) in [4.78, 5) is 3.14. The molecule has 2 aromatic heterocycles. The van der Waals surface area contributed by atoms with Gasteiger partial charge in [-0.25, -0.2) is 4.98 Å². The zero-order chi connectivity index (χ0) is 19.3. The Labute approximate surface area is 162 Å². The monoisotopic (exact) mass is 352 g/mol. The second-order valence-electron chi connectivity index (χ2n) is 5.69. The highest BCUT2D eigenvalue weighted by atomic mass is 15.0. The lowest BCUT2D eigenvalue weighted by Crippen LogP contribution is -2.38. The predicted octanol–water partition coefficient (Wildman–Crippen LogP) is 3.78. The maximum absolute atomic E-state index is 4.78. The lowest BCUT2D eigenvalue weighted by molar-refractivity contribution is -0.672. The number of para-hydroxylation sites is 1. The molecule has 1 aromatic carbocycles. The summed E-state index contributed by atoms with van der Waals surface area (Å²) in [7, 11) is 0. The summed E-state index contributed by atoms with van der Waals surface area (Å²) in [6, 6.07) is 18.5. The highest BCUT2D eigenvalue weighted by Crippen LogP contribution is 2.10. The maximum atomic E-state index is 4.78. The van der Waals surface area contributed by atoms with E-state index in [4.69, 9.17) is 6.42 Å². The molecule has 0 fully saturated rings. The molecule has 1 N–H and O–H groups in total. The number of aromatic amines is 1. The topological polar surface area (TPSA) is 18.0 Å². The molecule has 3 aromatic rings. The second kappa shape index (κ2) is 11.1. The largest absolute Gasteiger partial charge is 0.257 e. The van der Waals surface area contributed by atoms with Gasteiger partial charge in [-0.3, -0.25) is 0 Å². The third kappa shape index (κ3) is 6.04. The van der Waals surface area contributed by atoms with Gasteiger partial charge in [0.05, 0.1) is 6.42 Å². The van der Waals surface area contributed by atoms with E-state index in [0.29, 0.717) is 0 Å². The van der Waals surface area contributed by atoms with Gasteiger partial charge < -0.3 is 0 Å². The molecule has 2 heteroatoms. The van der Waals surface area contributed by atoms with Gasteiger partial charge in [0.2, 0.25) is 5.52 Å². The predicted molar refractivity (Wildman–Crippen MR) is 110 cm³/mol. The van der Waals surface area contributed by atoms with Crippen LogP contribution in [0, 0.1) is 36.0 Å². The molecular formula is C25H24N2+2. The van der Waals surface area contributed by atoms with Crippen molar-refractivity contribution in [3.63, 3.8) is 0 Å². The number of aryl methyl sites for hydroxylation is 1. The van der Waals surface area contributed by atoms with E-state index < -0.39 is 0 Å². The normalized spacial score (nSPS) is 8.93. The first-order valence-corrected chi connectivity index (χ1v) is 9.03. The molecule has 132 valence electrons.